The fraction of sp³-hybridized carbons (Fsp3) is 0.647. The van der Waals surface area contributed by atoms with Crippen LogP contribution in [-0.4, -0.2) is 38.2 Å². The Morgan fingerprint density at radius 3 is 2.50 bits per heavy atom. The Hall–Kier alpha value is -1.06. The van der Waals surface area contributed by atoms with Gasteiger partial charge in [0.2, 0.25) is 0 Å². The molecule has 1 aliphatic rings. The largest absolute Gasteiger partial charge is 0.496 e. The summed E-state index contributed by atoms with van der Waals surface area (Å²) in [6.45, 7) is 3.14. The highest BCUT2D eigenvalue weighted by atomic mass is 16.5. The first-order chi connectivity index (χ1) is 9.63. The van der Waals surface area contributed by atoms with Crippen molar-refractivity contribution in [3.63, 3.8) is 0 Å². The van der Waals surface area contributed by atoms with Gasteiger partial charge in [0.05, 0.1) is 7.11 Å². The van der Waals surface area contributed by atoms with Gasteiger partial charge in [-0.25, -0.2) is 0 Å². The summed E-state index contributed by atoms with van der Waals surface area (Å²) in [6, 6.07) is 7.96. The van der Waals surface area contributed by atoms with E-state index in [-0.39, 0.29) is 0 Å². The molecule has 2 rings (SSSR count). The highest BCUT2D eigenvalue weighted by Crippen LogP contribution is 2.24. The molecule has 1 aromatic carbocycles. The molecule has 1 saturated carbocycles. The normalized spacial score (nSPS) is 23.1. The average molecular weight is 276 g/mol. The van der Waals surface area contributed by atoms with E-state index in [1.165, 1.54) is 36.8 Å². The van der Waals surface area contributed by atoms with Crippen LogP contribution in [0.25, 0.3) is 0 Å². The zero-order valence-electron chi connectivity index (χ0n) is 13.3. The van der Waals surface area contributed by atoms with Gasteiger partial charge in [0.15, 0.2) is 0 Å². The summed E-state index contributed by atoms with van der Waals surface area (Å²) in [5.41, 5.74) is 2.60. The number of nitrogens with one attached hydrogen (secondary N) is 1. The zero-order valence-corrected chi connectivity index (χ0v) is 13.3. The van der Waals surface area contributed by atoms with Crippen molar-refractivity contribution in [2.24, 2.45) is 0 Å². The molecule has 0 amide bonds. The maximum Gasteiger partial charge on any atom is 0.121 e. The van der Waals surface area contributed by atoms with E-state index in [1.807, 2.05) is 0 Å². The van der Waals surface area contributed by atoms with Gasteiger partial charge in [-0.2, -0.15) is 0 Å². The van der Waals surface area contributed by atoms with Gasteiger partial charge in [0.1, 0.15) is 5.75 Å². The fourth-order valence-electron chi connectivity index (χ4n) is 3.26. The topological polar surface area (TPSA) is 24.5 Å². The predicted molar refractivity (Wildman–Crippen MR) is 84.3 cm³/mol. The van der Waals surface area contributed by atoms with Crippen molar-refractivity contribution in [2.75, 3.05) is 21.2 Å². The van der Waals surface area contributed by atoms with Crippen LogP contribution in [-0.2, 0) is 6.54 Å². The number of hydrogen-bond donors (Lipinski definition) is 1. The zero-order chi connectivity index (χ0) is 14.5. The minimum atomic E-state index is 0.724. The molecule has 0 bridgehead atoms. The van der Waals surface area contributed by atoms with Gasteiger partial charge in [0.25, 0.3) is 0 Å². The van der Waals surface area contributed by atoms with Crippen LogP contribution in [0.3, 0.4) is 0 Å². The Kier molecular flexibility index (Phi) is 5.44. The molecule has 0 saturated heterocycles. The Morgan fingerprint density at radius 1 is 1.25 bits per heavy atom. The fourth-order valence-corrected chi connectivity index (χ4v) is 3.26. The molecular formula is C17H28N2O. The van der Waals surface area contributed by atoms with Crippen molar-refractivity contribution < 1.29 is 4.74 Å². The van der Waals surface area contributed by atoms with Crippen LogP contribution in [0.5, 0.6) is 5.75 Å². The lowest BCUT2D eigenvalue weighted by Crippen LogP contribution is -2.39. The number of aryl methyl sites for hydroxylation is 1. The van der Waals surface area contributed by atoms with Gasteiger partial charge < -0.3 is 10.1 Å². The van der Waals surface area contributed by atoms with Crippen molar-refractivity contribution >= 4 is 0 Å². The standard InChI is InChI=1S/C17H28N2O/c1-13-11-14(5-10-17(13)20-4)12-19(3)16-8-6-15(18-2)7-9-16/h5,10-11,15-16,18H,6-9,12H2,1-4H3. The van der Waals surface area contributed by atoms with E-state index in [9.17, 15) is 0 Å². The van der Waals surface area contributed by atoms with E-state index in [4.69, 9.17) is 4.74 Å². The summed E-state index contributed by atoms with van der Waals surface area (Å²) in [5.74, 6) is 0.978. The lowest BCUT2D eigenvalue weighted by molar-refractivity contribution is 0.170. The van der Waals surface area contributed by atoms with Crippen LogP contribution >= 0.6 is 0 Å². The molecule has 0 radical (unpaired) electrons. The Labute approximate surface area is 123 Å². The predicted octanol–water partition coefficient (Wildman–Crippen LogP) is 2.97. The van der Waals surface area contributed by atoms with Crippen molar-refractivity contribution in [3.05, 3.63) is 29.3 Å². The summed E-state index contributed by atoms with van der Waals surface area (Å²) in [4.78, 5) is 2.51. The van der Waals surface area contributed by atoms with Gasteiger partial charge in [-0.15, -0.1) is 0 Å². The molecular weight excluding hydrogens is 248 g/mol. The molecule has 20 heavy (non-hydrogen) atoms. The SMILES string of the molecule is CNC1CCC(N(C)Cc2ccc(OC)c(C)c2)CC1. The molecule has 0 heterocycles. The second kappa shape index (κ2) is 7.09. The number of benzene rings is 1. The lowest BCUT2D eigenvalue weighted by atomic mass is 9.90. The summed E-state index contributed by atoms with van der Waals surface area (Å²) >= 11 is 0. The highest BCUT2D eigenvalue weighted by Gasteiger charge is 2.23. The molecule has 3 heteroatoms. The second-order valence-corrected chi connectivity index (χ2v) is 6.01. The molecule has 1 aliphatic carbocycles. The van der Waals surface area contributed by atoms with Crippen LogP contribution < -0.4 is 10.1 Å². The van der Waals surface area contributed by atoms with Gasteiger partial charge in [-0.3, -0.25) is 4.90 Å². The van der Waals surface area contributed by atoms with Gasteiger partial charge in [0, 0.05) is 18.6 Å². The smallest absolute Gasteiger partial charge is 0.121 e. The van der Waals surface area contributed by atoms with Crippen molar-refractivity contribution in [2.45, 2.75) is 51.2 Å². The lowest BCUT2D eigenvalue weighted by Gasteiger charge is -2.34. The number of rotatable bonds is 5. The minimum absolute atomic E-state index is 0.724. The van der Waals surface area contributed by atoms with Crippen LogP contribution in [0.1, 0.15) is 36.8 Å². The van der Waals surface area contributed by atoms with E-state index in [0.29, 0.717) is 0 Å². The first-order valence-corrected chi connectivity index (χ1v) is 7.65. The van der Waals surface area contributed by atoms with Crippen molar-refractivity contribution in [1.82, 2.24) is 10.2 Å². The van der Waals surface area contributed by atoms with Crippen molar-refractivity contribution in [1.29, 1.82) is 0 Å². The van der Waals surface area contributed by atoms with E-state index in [1.54, 1.807) is 7.11 Å². The Bertz CT molecular complexity index is 425. The van der Waals surface area contributed by atoms with Crippen LogP contribution in [0.4, 0.5) is 0 Å². The minimum Gasteiger partial charge on any atom is -0.496 e. The molecule has 3 nitrogen and oxygen atoms in total. The molecule has 1 fully saturated rings. The van der Waals surface area contributed by atoms with Crippen LogP contribution in [0, 0.1) is 6.92 Å². The van der Waals surface area contributed by atoms with Gasteiger partial charge in [-0.1, -0.05) is 12.1 Å². The summed E-state index contributed by atoms with van der Waals surface area (Å²) in [5, 5.41) is 3.40. The Balaban J connectivity index is 1.91. The maximum atomic E-state index is 5.32. The van der Waals surface area contributed by atoms with E-state index < -0.39 is 0 Å². The van der Waals surface area contributed by atoms with Gasteiger partial charge in [-0.05, 0) is 63.9 Å². The number of nitrogens with zero attached hydrogens (tertiary/aromatic N) is 1. The first-order valence-electron chi connectivity index (χ1n) is 7.65. The maximum absolute atomic E-state index is 5.32. The van der Waals surface area contributed by atoms with Crippen molar-refractivity contribution in [3.8, 4) is 5.75 Å². The second-order valence-electron chi connectivity index (χ2n) is 6.01. The Morgan fingerprint density at radius 2 is 1.95 bits per heavy atom. The highest BCUT2D eigenvalue weighted by molar-refractivity contribution is 5.36. The van der Waals surface area contributed by atoms with Crippen LogP contribution in [0.2, 0.25) is 0 Å². The molecule has 112 valence electrons. The molecule has 0 atom stereocenters. The summed E-state index contributed by atoms with van der Waals surface area (Å²) in [7, 11) is 6.06. The molecule has 1 N–H and O–H groups in total. The molecule has 1 aromatic rings. The van der Waals surface area contributed by atoms with Gasteiger partial charge >= 0.3 is 0 Å². The van der Waals surface area contributed by atoms with E-state index in [0.717, 1.165) is 24.4 Å². The molecule has 0 unspecified atom stereocenters. The monoisotopic (exact) mass is 276 g/mol. The number of ether oxygens (including phenoxy) is 1. The first kappa shape index (κ1) is 15.3. The third-order valence-electron chi connectivity index (χ3n) is 4.62. The number of hydrogen-bond acceptors (Lipinski definition) is 3. The van der Waals surface area contributed by atoms with E-state index in [2.05, 4.69) is 49.4 Å². The molecule has 0 spiro atoms. The van der Waals surface area contributed by atoms with Crippen LogP contribution in [0.15, 0.2) is 18.2 Å². The average Bonchev–Trinajstić information content (AvgIpc) is 2.47. The molecule has 0 aliphatic heterocycles. The molecule has 0 aromatic heterocycles. The third kappa shape index (κ3) is 3.74. The number of methoxy groups -OCH3 is 1. The quantitative estimate of drug-likeness (QED) is 0.895. The third-order valence-corrected chi connectivity index (χ3v) is 4.62. The summed E-state index contributed by atoms with van der Waals surface area (Å²) < 4.78 is 5.32. The van der Waals surface area contributed by atoms with E-state index >= 15 is 0 Å². The summed E-state index contributed by atoms with van der Waals surface area (Å²) in [6.07, 6.45) is 5.20.